The van der Waals surface area contributed by atoms with Gasteiger partial charge in [0.1, 0.15) is 16.5 Å². The molecule has 0 radical (unpaired) electrons. The summed E-state index contributed by atoms with van der Waals surface area (Å²) in [5, 5.41) is 2.45. The van der Waals surface area contributed by atoms with Crippen LogP contribution >= 0.6 is 27.3 Å². The number of hydrogen-bond acceptors (Lipinski definition) is 6. The number of methoxy groups -OCH3 is 3. The molecule has 0 atom stereocenters. The number of para-hydroxylation sites is 1. The molecule has 0 saturated carbocycles. The average molecular weight is 477 g/mol. The fourth-order valence-electron chi connectivity index (χ4n) is 2.94. The summed E-state index contributed by atoms with van der Waals surface area (Å²) in [5.41, 5.74) is 2.07. The smallest absolute Gasteiger partial charge is 0.273 e. The summed E-state index contributed by atoms with van der Waals surface area (Å²) < 4.78 is 17.2. The van der Waals surface area contributed by atoms with Crippen LogP contribution in [0, 0.1) is 0 Å². The Morgan fingerprint density at radius 3 is 2.55 bits per heavy atom. The molecular formula is C21H21BrN2O4S. The first-order valence-corrected chi connectivity index (χ1v) is 10.4. The number of ether oxygens (including phenoxy) is 3. The quantitative estimate of drug-likeness (QED) is 0.486. The minimum Gasteiger partial charge on any atom is -0.496 e. The van der Waals surface area contributed by atoms with E-state index in [1.807, 2.05) is 36.4 Å². The van der Waals surface area contributed by atoms with Gasteiger partial charge in [-0.05, 0) is 30.3 Å². The largest absolute Gasteiger partial charge is 0.496 e. The van der Waals surface area contributed by atoms with Crippen LogP contribution in [0.25, 0.3) is 10.6 Å². The third-order valence-corrected chi connectivity index (χ3v) is 5.72. The number of halogens is 1. The van der Waals surface area contributed by atoms with Crippen molar-refractivity contribution >= 4 is 33.2 Å². The number of carbonyl (C=O) groups is 1. The fourth-order valence-corrected chi connectivity index (χ4v) is 4.17. The first-order chi connectivity index (χ1) is 14.0. The number of nitrogens with zero attached hydrogens (tertiary/aromatic N) is 2. The molecule has 0 bridgehead atoms. The van der Waals surface area contributed by atoms with Crippen molar-refractivity contribution in [1.29, 1.82) is 0 Å². The summed E-state index contributed by atoms with van der Waals surface area (Å²) in [6, 6.07) is 11.3. The van der Waals surface area contributed by atoms with Crippen molar-refractivity contribution in [2.75, 3.05) is 28.4 Å². The summed E-state index contributed by atoms with van der Waals surface area (Å²) in [4.78, 5) is 19.1. The monoisotopic (exact) mass is 476 g/mol. The van der Waals surface area contributed by atoms with Crippen LogP contribution < -0.4 is 14.2 Å². The third kappa shape index (κ3) is 4.54. The highest BCUT2D eigenvalue weighted by Gasteiger charge is 2.20. The Bertz CT molecular complexity index is 1020. The molecule has 0 aliphatic heterocycles. The van der Waals surface area contributed by atoms with Crippen LogP contribution in [0.2, 0.25) is 0 Å². The normalized spacial score (nSPS) is 10.5. The second kappa shape index (κ2) is 9.28. The zero-order valence-electron chi connectivity index (χ0n) is 16.6. The van der Waals surface area contributed by atoms with Crippen LogP contribution in [-0.4, -0.2) is 44.2 Å². The first kappa shape index (κ1) is 21.1. The van der Waals surface area contributed by atoms with Gasteiger partial charge in [-0.2, -0.15) is 0 Å². The lowest BCUT2D eigenvalue weighted by Gasteiger charge is -2.18. The van der Waals surface area contributed by atoms with E-state index < -0.39 is 0 Å². The lowest BCUT2D eigenvalue weighted by atomic mass is 10.2. The number of benzene rings is 2. The molecule has 3 rings (SSSR count). The van der Waals surface area contributed by atoms with Gasteiger partial charge in [0, 0.05) is 29.0 Å². The number of aromatic nitrogens is 1. The van der Waals surface area contributed by atoms with Gasteiger partial charge in [-0.3, -0.25) is 4.79 Å². The predicted molar refractivity (Wildman–Crippen MR) is 117 cm³/mol. The maximum atomic E-state index is 12.9. The van der Waals surface area contributed by atoms with Crippen LogP contribution in [0.1, 0.15) is 16.1 Å². The van der Waals surface area contributed by atoms with Gasteiger partial charge in [0.2, 0.25) is 0 Å². The second-order valence-corrected chi connectivity index (χ2v) is 7.97. The van der Waals surface area contributed by atoms with Crippen LogP contribution in [0.3, 0.4) is 0 Å². The summed E-state index contributed by atoms with van der Waals surface area (Å²) in [7, 11) is 6.53. The molecule has 3 aromatic rings. The number of rotatable bonds is 7. The first-order valence-electron chi connectivity index (χ1n) is 8.73. The zero-order chi connectivity index (χ0) is 21.0. The molecule has 0 unspecified atom stereocenters. The highest BCUT2D eigenvalue weighted by atomic mass is 79.9. The Labute approximate surface area is 182 Å². The van der Waals surface area contributed by atoms with Gasteiger partial charge in [-0.15, -0.1) is 11.3 Å². The predicted octanol–water partition coefficient (Wildman–Crippen LogP) is 4.87. The van der Waals surface area contributed by atoms with Crippen molar-refractivity contribution in [1.82, 2.24) is 9.88 Å². The molecule has 0 aliphatic carbocycles. The molecule has 6 nitrogen and oxygen atoms in total. The summed E-state index contributed by atoms with van der Waals surface area (Å²) in [5.74, 6) is 1.77. The van der Waals surface area contributed by atoms with Crippen molar-refractivity contribution in [3.63, 3.8) is 0 Å². The molecule has 29 heavy (non-hydrogen) atoms. The highest BCUT2D eigenvalue weighted by Crippen LogP contribution is 2.39. The van der Waals surface area contributed by atoms with Gasteiger partial charge < -0.3 is 19.1 Å². The van der Waals surface area contributed by atoms with Crippen LogP contribution in [0.15, 0.2) is 46.3 Å². The molecule has 1 aromatic heterocycles. The molecule has 0 fully saturated rings. The minimum atomic E-state index is -0.170. The number of carbonyl (C=O) groups excluding carboxylic acids is 1. The van der Waals surface area contributed by atoms with E-state index in [0.29, 0.717) is 28.7 Å². The number of thiazole rings is 1. The van der Waals surface area contributed by atoms with Crippen LogP contribution in [-0.2, 0) is 6.54 Å². The van der Waals surface area contributed by atoms with Gasteiger partial charge >= 0.3 is 0 Å². The number of amides is 1. The number of hydrogen-bond donors (Lipinski definition) is 0. The average Bonchev–Trinajstić information content (AvgIpc) is 3.22. The zero-order valence-corrected chi connectivity index (χ0v) is 19.0. The van der Waals surface area contributed by atoms with Gasteiger partial charge in [-0.25, -0.2) is 4.98 Å². The molecule has 0 spiro atoms. The van der Waals surface area contributed by atoms with E-state index in [0.717, 1.165) is 21.3 Å². The van der Waals surface area contributed by atoms with Crippen LogP contribution in [0.4, 0.5) is 0 Å². The van der Waals surface area contributed by atoms with Gasteiger partial charge in [0.25, 0.3) is 5.91 Å². The molecular weight excluding hydrogens is 456 g/mol. The van der Waals surface area contributed by atoms with Gasteiger partial charge in [0.05, 0.1) is 26.9 Å². The third-order valence-electron chi connectivity index (χ3n) is 4.35. The molecule has 0 N–H and O–H groups in total. The molecule has 1 heterocycles. The summed E-state index contributed by atoms with van der Waals surface area (Å²) in [6.45, 7) is 0.400. The Morgan fingerprint density at radius 2 is 1.86 bits per heavy atom. The lowest BCUT2D eigenvalue weighted by molar-refractivity contribution is 0.0779. The van der Waals surface area contributed by atoms with Crippen molar-refractivity contribution in [3.8, 4) is 27.8 Å². The minimum absolute atomic E-state index is 0.170. The molecule has 0 saturated heterocycles. The van der Waals surface area contributed by atoms with E-state index in [1.165, 1.54) is 11.3 Å². The SMILES string of the molecule is COc1ccc(Br)cc1CN(C)C(=O)c1csc(-c2cccc(OC)c2OC)n1. The lowest BCUT2D eigenvalue weighted by Crippen LogP contribution is -2.26. The maximum Gasteiger partial charge on any atom is 0.273 e. The summed E-state index contributed by atoms with van der Waals surface area (Å²) >= 11 is 4.85. The molecule has 152 valence electrons. The Morgan fingerprint density at radius 1 is 1.10 bits per heavy atom. The standard InChI is InChI=1S/C21H21BrN2O4S/c1-24(11-13-10-14(22)8-9-17(13)26-2)21(25)16-12-29-20(23-16)15-6-5-7-18(27-3)19(15)28-4/h5-10,12H,11H2,1-4H3. The topological polar surface area (TPSA) is 60.9 Å². The van der Waals surface area contributed by atoms with Crippen molar-refractivity contribution in [2.24, 2.45) is 0 Å². The second-order valence-electron chi connectivity index (χ2n) is 6.20. The summed E-state index contributed by atoms with van der Waals surface area (Å²) in [6.07, 6.45) is 0. The maximum absolute atomic E-state index is 12.9. The van der Waals surface area contributed by atoms with E-state index in [9.17, 15) is 4.79 Å². The Hall–Kier alpha value is -2.58. The van der Waals surface area contributed by atoms with Crippen molar-refractivity contribution in [2.45, 2.75) is 6.54 Å². The Kier molecular flexibility index (Phi) is 6.76. The fraction of sp³-hybridized carbons (Fsp3) is 0.238. The van der Waals surface area contributed by atoms with E-state index in [1.54, 1.807) is 38.7 Å². The van der Waals surface area contributed by atoms with E-state index in [2.05, 4.69) is 20.9 Å². The van der Waals surface area contributed by atoms with Gasteiger partial charge in [0.15, 0.2) is 11.5 Å². The van der Waals surface area contributed by atoms with Gasteiger partial charge in [-0.1, -0.05) is 22.0 Å². The molecule has 1 amide bonds. The molecule has 2 aromatic carbocycles. The van der Waals surface area contributed by atoms with E-state index in [4.69, 9.17) is 14.2 Å². The van der Waals surface area contributed by atoms with Crippen LogP contribution in [0.5, 0.6) is 17.2 Å². The van der Waals surface area contributed by atoms with E-state index >= 15 is 0 Å². The van der Waals surface area contributed by atoms with Crippen molar-refractivity contribution < 1.29 is 19.0 Å². The Balaban J connectivity index is 1.84. The molecule has 8 heteroatoms. The van der Waals surface area contributed by atoms with E-state index in [-0.39, 0.29) is 5.91 Å². The molecule has 0 aliphatic rings. The van der Waals surface area contributed by atoms with Crippen molar-refractivity contribution in [3.05, 3.63) is 57.5 Å². The highest BCUT2D eigenvalue weighted by molar-refractivity contribution is 9.10.